The zero-order valence-corrected chi connectivity index (χ0v) is 9.85. The van der Waals surface area contributed by atoms with Gasteiger partial charge < -0.3 is 9.84 Å². The first-order valence-corrected chi connectivity index (χ1v) is 5.78. The molecule has 0 spiro atoms. The average Bonchev–Trinajstić information content (AvgIpc) is 2.35. The van der Waals surface area contributed by atoms with Gasteiger partial charge in [-0.05, 0) is 18.8 Å². The number of aliphatic hydroxyl groups is 1. The fourth-order valence-electron chi connectivity index (χ4n) is 1.88. The predicted octanol–water partition coefficient (Wildman–Crippen LogP) is 4.32. The van der Waals surface area contributed by atoms with Crippen molar-refractivity contribution in [2.45, 2.75) is 32.1 Å². The highest BCUT2D eigenvalue weighted by atomic mass is 19.2. The molecule has 1 fully saturated rings. The van der Waals surface area contributed by atoms with Crippen molar-refractivity contribution in [1.29, 1.82) is 0 Å². The SMILES string of the molecule is C=C(O)/C(F)=C(/F)C(=C)OCC1CCCCC1. The van der Waals surface area contributed by atoms with Gasteiger partial charge in [0, 0.05) is 0 Å². The molecule has 96 valence electrons. The Morgan fingerprint density at radius 1 is 1.12 bits per heavy atom. The van der Waals surface area contributed by atoms with E-state index in [9.17, 15) is 8.78 Å². The van der Waals surface area contributed by atoms with Crippen LogP contribution >= 0.6 is 0 Å². The lowest BCUT2D eigenvalue weighted by atomic mass is 9.90. The second-order valence-corrected chi connectivity index (χ2v) is 4.31. The van der Waals surface area contributed by atoms with E-state index >= 15 is 0 Å². The lowest BCUT2D eigenvalue weighted by Crippen LogP contribution is -2.13. The summed E-state index contributed by atoms with van der Waals surface area (Å²) < 4.78 is 31.3. The quantitative estimate of drug-likeness (QED) is 0.576. The van der Waals surface area contributed by atoms with E-state index in [4.69, 9.17) is 9.84 Å². The first-order valence-electron chi connectivity index (χ1n) is 5.78. The summed E-state index contributed by atoms with van der Waals surface area (Å²) in [5.74, 6) is -3.66. The molecule has 1 aliphatic rings. The number of hydrogen-bond donors (Lipinski definition) is 1. The van der Waals surface area contributed by atoms with Crippen LogP contribution in [0.4, 0.5) is 8.78 Å². The Morgan fingerprint density at radius 2 is 1.71 bits per heavy atom. The van der Waals surface area contributed by atoms with Gasteiger partial charge in [0.1, 0.15) is 5.76 Å². The van der Waals surface area contributed by atoms with E-state index in [1.165, 1.54) is 6.42 Å². The molecule has 0 radical (unpaired) electrons. The molecule has 0 amide bonds. The first kappa shape index (κ1) is 13.7. The summed E-state index contributed by atoms with van der Waals surface area (Å²) in [6.45, 7) is 6.53. The van der Waals surface area contributed by atoms with Crippen molar-refractivity contribution in [3.05, 3.63) is 36.3 Å². The Balaban J connectivity index is 2.43. The molecule has 0 aromatic heterocycles. The normalized spacial score (nSPS) is 18.5. The molecule has 2 nitrogen and oxygen atoms in total. The van der Waals surface area contributed by atoms with E-state index < -0.39 is 17.4 Å². The highest BCUT2D eigenvalue weighted by molar-refractivity contribution is 5.28. The Labute approximate surface area is 100 Å². The van der Waals surface area contributed by atoms with Gasteiger partial charge in [0.05, 0.1) is 6.61 Å². The van der Waals surface area contributed by atoms with Gasteiger partial charge in [-0.3, -0.25) is 0 Å². The standard InChI is InChI=1S/C13H18F2O2/c1-9(16)12(14)13(15)10(2)17-8-11-6-4-3-5-7-11/h11,16H,1-8H2/b13-12-. The highest BCUT2D eigenvalue weighted by Crippen LogP contribution is 2.26. The van der Waals surface area contributed by atoms with Crippen LogP contribution < -0.4 is 0 Å². The predicted molar refractivity (Wildman–Crippen MR) is 62.7 cm³/mol. The van der Waals surface area contributed by atoms with Crippen molar-refractivity contribution >= 4 is 0 Å². The molecule has 0 aromatic rings. The lowest BCUT2D eigenvalue weighted by Gasteiger charge is -2.21. The third kappa shape index (κ3) is 4.21. The van der Waals surface area contributed by atoms with E-state index in [1.807, 2.05) is 0 Å². The molecule has 0 saturated heterocycles. The van der Waals surface area contributed by atoms with Crippen molar-refractivity contribution in [3.63, 3.8) is 0 Å². The van der Waals surface area contributed by atoms with E-state index in [-0.39, 0.29) is 5.76 Å². The maximum atomic E-state index is 13.3. The smallest absolute Gasteiger partial charge is 0.203 e. The third-order valence-corrected chi connectivity index (χ3v) is 2.91. The molecule has 17 heavy (non-hydrogen) atoms. The van der Waals surface area contributed by atoms with Gasteiger partial charge in [0.25, 0.3) is 0 Å². The first-order chi connectivity index (χ1) is 8.02. The third-order valence-electron chi connectivity index (χ3n) is 2.91. The molecule has 1 saturated carbocycles. The van der Waals surface area contributed by atoms with Gasteiger partial charge in [-0.25, -0.2) is 0 Å². The van der Waals surface area contributed by atoms with Crippen molar-refractivity contribution in [3.8, 4) is 0 Å². The van der Waals surface area contributed by atoms with Gasteiger partial charge in [0.15, 0.2) is 5.76 Å². The highest BCUT2D eigenvalue weighted by Gasteiger charge is 2.17. The van der Waals surface area contributed by atoms with Gasteiger partial charge in [0.2, 0.25) is 11.7 Å². The van der Waals surface area contributed by atoms with E-state index in [0.29, 0.717) is 12.5 Å². The fourth-order valence-corrected chi connectivity index (χ4v) is 1.88. The summed E-state index contributed by atoms with van der Waals surface area (Å²) in [5, 5.41) is 8.69. The summed E-state index contributed by atoms with van der Waals surface area (Å²) in [6, 6.07) is 0. The monoisotopic (exact) mass is 244 g/mol. The molecule has 0 heterocycles. The maximum absolute atomic E-state index is 13.3. The molecule has 0 aromatic carbocycles. The van der Waals surface area contributed by atoms with E-state index in [1.54, 1.807) is 0 Å². The zero-order valence-electron chi connectivity index (χ0n) is 9.85. The van der Waals surface area contributed by atoms with Gasteiger partial charge >= 0.3 is 0 Å². The number of allylic oxidation sites excluding steroid dienone is 2. The van der Waals surface area contributed by atoms with Crippen LogP contribution in [-0.2, 0) is 4.74 Å². The number of ether oxygens (including phenoxy) is 1. The van der Waals surface area contributed by atoms with E-state index in [0.717, 1.165) is 25.7 Å². The Bertz CT molecular complexity index is 328. The minimum absolute atomic E-state index is 0.345. The van der Waals surface area contributed by atoms with E-state index in [2.05, 4.69) is 13.2 Å². The number of rotatable bonds is 5. The second-order valence-electron chi connectivity index (χ2n) is 4.31. The van der Waals surface area contributed by atoms with Crippen LogP contribution in [0.5, 0.6) is 0 Å². The average molecular weight is 244 g/mol. The minimum Gasteiger partial charge on any atom is -0.505 e. The molecule has 4 heteroatoms. The largest absolute Gasteiger partial charge is 0.505 e. The van der Waals surface area contributed by atoms with Crippen molar-refractivity contribution in [1.82, 2.24) is 0 Å². The van der Waals surface area contributed by atoms with Crippen molar-refractivity contribution in [2.75, 3.05) is 6.61 Å². The summed E-state index contributed by atoms with van der Waals surface area (Å²) in [5.41, 5.74) is 0. The van der Waals surface area contributed by atoms with Crippen molar-refractivity contribution < 1.29 is 18.6 Å². The summed E-state index contributed by atoms with van der Waals surface area (Å²) in [7, 11) is 0. The molecule has 0 unspecified atom stereocenters. The summed E-state index contributed by atoms with van der Waals surface area (Å²) >= 11 is 0. The topological polar surface area (TPSA) is 29.5 Å². The maximum Gasteiger partial charge on any atom is 0.203 e. The number of hydrogen-bond acceptors (Lipinski definition) is 2. The molecular weight excluding hydrogens is 226 g/mol. The second kappa shape index (κ2) is 6.42. The Kier molecular flexibility index (Phi) is 5.19. The molecule has 1 aliphatic carbocycles. The number of halogens is 2. The zero-order chi connectivity index (χ0) is 12.8. The Hall–Kier alpha value is -1.32. The van der Waals surface area contributed by atoms with Crippen LogP contribution in [0.25, 0.3) is 0 Å². The molecule has 0 atom stereocenters. The minimum atomic E-state index is -1.42. The molecule has 1 rings (SSSR count). The molecule has 0 aliphatic heterocycles. The van der Waals surface area contributed by atoms with Gasteiger partial charge in [-0.2, -0.15) is 8.78 Å². The van der Waals surface area contributed by atoms with Crippen LogP contribution in [0.3, 0.4) is 0 Å². The Morgan fingerprint density at radius 3 is 2.24 bits per heavy atom. The van der Waals surface area contributed by atoms with Crippen LogP contribution in [0.15, 0.2) is 36.3 Å². The summed E-state index contributed by atoms with van der Waals surface area (Å²) in [6.07, 6.45) is 5.63. The lowest BCUT2D eigenvalue weighted by molar-refractivity contribution is 0.140. The van der Waals surface area contributed by atoms with Crippen molar-refractivity contribution in [2.24, 2.45) is 5.92 Å². The molecule has 0 bridgehead atoms. The molecule has 1 N–H and O–H groups in total. The molecular formula is C13H18F2O2. The fraction of sp³-hybridized carbons (Fsp3) is 0.538. The van der Waals surface area contributed by atoms with Crippen LogP contribution in [-0.4, -0.2) is 11.7 Å². The van der Waals surface area contributed by atoms with Crippen LogP contribution in [0.2, 0.25) is 0 Å². The van der Waals surface area contributed by atoms with Gasteiger partial charge in [-0.15, -0.1) is 0 Å². The summed E-state index contributed by atoms with van der Waals surface area (Å²) in [4.78, 5) is 0. The van der Waals surface area contributed by atoms with Crippen LogP contribution in [0.1, 0.15) is 32.1 Å². The number of aliphatic hydroxyl groups excluding tert-OH is 1. The van der Waals surface area contributed by atoms with Gasteiger partial charge in [-0.1, -0.05) is 32.4 Å². The van der Waals surface area contributed by atoms with Crippen LogP contribution in [0, 0.1) is 5.92 Å².